The third kappa shape index (κ3) is 12.2. The second-order valence-corrected chi connectivity index (χ2v) is 11.8. The van der Waals surface area contributed by atoms with E-state index in [1.54, 1.807) is 24.3 Å². The maximum Gasteiger partial charge on any atom is 0.303 e. The van der Waals surface area contributed by atoms with Crippen LogP contribution in [0.15, 0.2) is 24.3 Å². The van der Waals surface area contributed by atoms with E-state index in [9.17, 15) is 33.6 Å². The van der Waals surface area contributed by atoms with Gasteiger partial charge in [-0.05, 0) is 24.1 Å². The van der Waals surface area contributed by atoms with E-state index in [-0.39, 0.29) is 5.75 Å². The summed E-state index contributed by atoms with van der Waals surface area (Å²) >= 11 is 0. The lowest BCUT2D eigenvalue weighted by Gasteiger charge is -2.48. The lowest BCUT2D eigenvalue weighted by molar-refractivity contribution is -0.354. The third-order valence-corrected chi connectivity index (χ3v) is 7.47. The van der Waals surface area contributed by atoms with Gasteiger partial charge in [0.2, 0.25) is 12.4 Å². The fourth-order valence-corrected chi connectivity index (χ4v) is 5.51. The van der Waals surface area contributed by atoms with Crippen LogP contribution in [0, 0.1) is 0 Å². The molecular weight excluding hydrogens is 696 g/mol. The molecule has 2 aliphatic rings. The Morgan fingerprint density at radius 2 is 0.885 bits per heavy atom. The Kier molecular flexibility index (Phi) is 15.3. The molecule has 2 heterocycles. The number of hydrogen-bond acceptors (Lipinski definition) is 18. The maximum absolute atomic E-state index is 12.6. The molecule has 0 bridgehead atoms. The van der Waals surface area contributed by atoms with Crippen LogP contribution in [0.1, 0.15) is 61.0 Å². The number of carbonyl (C=O) groups is 7. The van der Waals surface area contributed by atoms with Crippen LogP contribution in [0.4, 0.5) is 0 Å². The molecule has 0 spiro atoms. The van der Waals surface area contributed by atoms with E-state index in [2.05, 4.69) is 0 Å². The van der Waals surface area contributed by atoms with Gasteiger partial charge in [0, 0.05) is 48.5 Å². The zero-order valence-corrected chi connectivity index (χ0v) is 30.1. The van der Waals surface area contributed by atoms with Crippen molar-refractivity contribution in [1.82, 2.24) is 0 Å². The van der Waals surface area contributed by atoms with E-state index < -0.39 is 116 Å². The normalized spacial score (nSPS) is 28.3. The number of carbonyl (C=O) groups excluding carboxylic acids is 7. The summed E-state index contributed by atoms with van der Waals surface area (Å²) < 4.78 is 62.6. The third-order valence-electron chi connectivity index (χ3n) is 7.47. The zero-order chi connectivity index (χ0) is 38.7. The number of rotatable bonds is 14. The van der Waals surface area contributed by atoms with Crippen LogP contribution in [-0.4, -0.2) is 116 Å². The number of esters is 7. The highest BCUT2D eigenvalue weighted by molar-refractivity contribution is 5.69. The maximum atomic E-state index is 12.6. The van der Waals surface area contributed by atoms with Gasteiger partial charge in [0.15, 0.2) is 30.7 Å². The highest BCUT2D eigenvalue weighted by atomic mass is 16.8. The van der Waals surface area contributed by atoms with Gasteiger partial charge in [-0.3, -0.25) is 33.6 Å². The fourth-order valence-electron chi connectivity index (χ4n) is 5.51. The van der Waals surface area contributed by atoms with Gasteiger partial charge in [-0.2, -0.15) is 0 Å². The highest BCUT2D eigenvalue weighted by Gasteiger charge is 2.58. The monoisotopic (exact) mass is 740 g/mol. The van der Waals surface area contributed by atoms with Gasteiger partial charge in [0.25, 0.3) is 0 Å². The number of benzene rings is 1. The predicted octanol–water partition coefficient (Wildman–Crippen LogP) is 1.25. The van der Waals surface area contributed by atoms with Gasteiger partial charge >= 0.3 is 41.8 Å². The number of aryl methyl sites for hydroxylation is 1. The van der Waals surface area contributed by atoms with E-state index >= 15 is 0 Å². The van der Waals surface area contributed by atoms with Gasteiger partial charge in [0.1, 0.15) is 37.3 Å². The van der Waals surface area contributed by atoms with Crippen molar-refractivity contribution in [1.29, 1.82) is 0 Å². The molecule has 18 heteroatoms. The highest BCUT2D eigenvalue weighted by Crippen LogP contribution is 2.36. The zero-order valence-electron chi connectivity index (χ0n) is 30.1. The molecular formula is C34H44O18. The van der Waals surface area contributed by atoms with E-state index in [0.717, 1.165) is 60.5 Å². The molecule has 2 fully saturated rings. The standard InChI is InChI=1S/C34H44O18/c1-9-23-10-12-24(13-11-23)49-33-31(47-21(7)40)30(46-20(6)39)28(26(50-33)15-43-17(3)36)52-34-32(48-22(8)41)29(45-19(5)38)27(44-18(4)37)25(51-34)14-42-16(2)35/h10-13,25-34H,9,14-15H2,1-8H3/t25-,26-,27+,28+,29+,30+,31-,32+,33-,34+/m0/s1. The Balaban J connectivity index is 2.16. The molecule has 3 rings (SSSR count). The Labute approximate surface area is 299 Å². The minimum absolute atomic E-state index is 0.283. The van der Waals surface area contributed by atoms with Crippen molar-refractivity contribution in [2.24, 2.45) is 0 Å². The van der Waals surface area contributed by atoms with Crippen LogP contribution >= 0.6 is 0 Å². The van der Waals surface area contributed by atoms with Crippen molar-refractivity contribution in [2.45, 2.75) is 123 Å². The molecule has 18 nitrogen and oxygen atoms in total. The first kappa shape index (κ1) is 41.6. The molecule has 1 aromatic carbocycles. The Morgan fingerprint density at radius 1 is 0.500 bits per heavy atom. The summed E-state index contributed by atoms with van der Waals surface area (Å²) in [5.41, 5.74) is 0.997. The molecule has 0 aromatic heterocycles. The van der Waals surface area contributed by atoms with Crippen LogP contribution in [0.2, 0.25) is 0 Å². The lowest BCUT2D eigenvalue weighted by atomic mass is 9.96. The van der Waals surface area contributed by atoms with Crippen molar-refractivity contribution in [3.05, 3.63) is 29.8 Å². The van der Waals surface area contributed by atoms with Crippen LogP contribution < -0.4 is 4.74 Å². The van der Waals surface area contributed by atoms with E-state index in [4.69, 9.17) is 52.1 Å². The molecule has 2 aliphatic heterocycles. The summed E-state index contributed by atoms with van der Waals surface area (Å²) in [6, 6.07) is 6.90. The second kappa shape index (κ2) is 19.1. The van der Waals surface area contributed by atoms with Gasteiger partial charge in [-0.15, -0.1) is 0 Å². The molecule has 0 aliphatic carbocycles. The summed E-state index contributed by atoms with van der Waals surface area (Å²) in [7, 11) is 0. The quantitative estimate of drug-likeness (QED) is 0.193. The van der Waals surface area contributed by atoms with Crippen LogP contribution in [0.5, 0.6) is 5.75 Å². The van der Waals surface area contributed by atoms with E-state index in [0.29, 0.717) is 0 Å². The van der Waals surface area contributed by atoms with Crippen molar-refractivity contribution < 1.29 is 85.7 Å². The molecule has 0 radical (unpaired) electrons. The average molecular weight is 741 g/mol. The largest absolute Gasteiger partial charge is 0.463 e. The van der Waals surface area contributed by atoms with Gasteiger partial charge in [-0.25, -0.2) is 0 Å². The average Bonchev–Trinajstić information content (AvgIpc) is 3.03. The first-order valence-electron chi connectivity index (χ1n) is 16.3. The summed E-state index contributed by atoms with van der Waals surface area (Å²) in [6.45, 7) is 8.42. The van der Waals surface area contributed by atoms with Crippen molar-refractivity contribution in [2.75, 3.05) is 13.2 Å². The van der Waals surface area contributed by atoms with Crippen molar-refractivity contribution in [3.63, 3.8) is 0 Å². The first-order chi connectivity index (χ1) is 24.5. The van der Waals surface area contributed by atoms with Gasteiger partial charge in [0.05, 0.1) is 0 Å². The first-order valence-corrected chi connectivity index (χ1v) is 16.3. The molecule has 0 amide bonds. The second-order valence-electron chi connectivity index (χ2n) is 11.8. The minimum atomic E-state index is -1.79. The van der Waals surface area contributed by atoms with Gasteiger partial charge < -0.3 is 52.1 Å². The molecule has 0 N–H and O–H groups in total. The fraction of sp³-hybridized carbons (Fsp3) is 0.618. The summed E-state index contributed by atoms with van der Waals surface area (Å²) in [5, 5.41) is 0. The summed E-state index contributed by atoms with van der Waals surface area (Å²) in [4.78, 5) is 85.7. The molecule has 10 atom stereocenters. The van der Waals surface area contributed by atoms with Gasteiger partial charge in [-0.1, -0.05) is 19.1 Å². The van der Waals surface area contributed by atoms with Crippen molar-refractivity contribution >= 4 is 41.8 Å². The molecule has 0 saturated carbocycles. The topological polar surface area (TPSA) is 221 Å². The summed E-state index contributed by atoms with van der Waals surface area (Å²) in [5.74, 6) is -5.53. The Hall–Kier alpha value is -4.81. The van der Waals surface area contributed by atoms with E-state index in [1.807, 2.05) is 6.92 Å². The SMILES string of the molecule is CCc1ccc(O[C@H]2O[C@@H](COC(C)=O)[C@@H](O[C@H]3O[C@@H](COC(C)=O)[C@@H](OC(C)=O)[C@@H](OC(C)=O)[C@H]3OC(C)=O)[C@@H](OC(C)=O)[C@@H]2OC(C)=O)cc1. The smallest absolute Gasteiger partial charge is 0.303 e. The molecule has 1 aromatic rings. The number of ether oxygens (including phenoxy) is 11. The molecule has 52 heavy (non-hydrogen) atoms. The Bertz CT molecular complexity index is 1440. The van der Waals surface area contributed by atoms with Crippen LogP contribution in [-0.2, 0) is 87.4 Å². The minimum Gasteiger partial charge on any atom is -0.463 e. The predicted molar refractivity (Wildman–Crippen MR) is 170 cm³/mol. The summed E-state index contributed by atoms with van der Waals surface area (Å²) in [6.07, 6.45) is -14.8. The van der Waals surface area contributed by atoms with E-state index in [1.165, 1.54) is 0 Å². The van der Waals surface area contributed by atoms with Crippen molar-refractivity contribution in [3.8, 4) is 5.75 Å². The molecule has 0 unspecified atom stereocenters. The Morgan fingerprint density at radius 3 is 1.33 bits per heavy atom. The molecule has 288 valence electrons. The van der Waals surface area contributed by atoms with Crippen LogP contribution in [0.25, 0.3) is 0 Å². The lowest BCUT2D eigenvalue weighted by Crippen LogP contribution is -2.67. The van der Waals surface area contributed by atoms with Crippen LogP contribution in [0.3, 0.4) is 0 Å². The molecule has 2 saturated heterocycles. The number of hydrogen-bond donors (Lipinski definition) is 0.